The van der Waals surface area contributed by atoms with Crippen molar-refractivity contribution in [3.05, 3.63) is 69.9 Å². The predicted octanol–water partition coefficient (Wildman–Crippen LogP) is 2.85. The van der Waals surface area contributed by atoms with Gasteiger partial charge in [0.05, 0.1) is 22.9 Å². The van der Waals surface area contributed by atoms with Crippen LogP contribution in [0.3, 0.4) is 0 Å². The van der Waals surface area contributed by atoms with Crippen LogP contribution in [0, 0.1) is 13.8 Å². The highest BCUT2D eigenvalue weighted by atomic mass is 35.5. The van der Waals surface area contributed by atoms with Crippen LogP contribution in [0.2, 0.25) is 5.02 Å². The van der Waals surface area contributed by atoms with Gasteiger partial charge in [-0.3, -0.25) is 14.5 Å². The Balaban J connectivity index is 1.79. The first-order valence-corrected chi connectivity index (χ1v) is 10.8. The number of aryl methyl sites for hydroxylation is 2. The molecule has 2 aliphatic heterocycles. The number of piperazine rings is 1. The highest BCUT2D eigenvalue weighted by molar-refractivity contribution is 6.47. The van der Waals surface area contributed by atoms with Crippen LogP contribution in [0.1, 0.15) is 16.7 Å². The van der Waals surface area contributed by atoms with Crippen LogP contribution in [0.25, 0.3) is 5.57 Å². The number of aliphatic hydroxyl groups excluding tert-OH is 1. The van der Waals surface area contributed by atoms with Gasteiger partial charge in [-0.2, -0.15) is 0 Å². The molecule has 31 heavy (non-hydrogen) atoms. The molecular formula is C24H26ClN3O3. The van der Waals surface area contributed by atoms with Crippen LogP contribution in [-0.4, -0.2) is 66.1 Å². The number of imide groups is 1. The van der Waals surface area contributed by atoms with E-state index in [0.717, 1.165) is 29.8 Å². The van der Waals surface area contributed by atoms with Crippen LogP contribution >= 0.6 is 11.6 Å². The number of nitrogens with zero attached hydrogens (tertiary/aromatic N) is 3. The van der Waals surface area contributed by atoms with Crippen molar-refractivity contribution in [1.82, 2.24) is 9.80 Å². The van der Waals surface area contributed by atoms with E-state index < -0.39 is 0 Å². The monoisotopic (exact) mass is 439 g/mol. The van der Waals surface area contributed by atoms with Crippen molar-refractivity contribution in [3.8, 4) is 0 Å². The van der Waals surface area contributed by atoms with E-state index in [2.05, 4.69) is 4.90 Å². The summed E-state index contributed by atoms with van der Waals surface area (Å²) in [5.41, 5.74) is 4.08. The Labute approximate surface area is 187 Å². The molecule has 0 atom stereocenters. The topological polar surface area (TPSA) is 64.1 Å². The molecule has 2 amide bonds. The normalized spacial score (nSPS) is 17.8. The Morgan fingerprint density at radius 3 is 2.32 bits per heavy atom. The second kappa shape index (κ2) is 8.83. The molecule has 0 saturated carbocycles. The number of hydrogen-bond acceptors (Lipinski definition) is 5. The lowest BCUT2D eigenvalue weighted by atomic mass is 9.97. The number of para-hydroxylation sites is 1. The van der Waals surface area contributed by atoms with Gasteiger partial charge in [-0.25, -0.2) is 4.90 Å². The molecular weight excluding hydrogens is 414 g/mol. The fraction of sp³-hybridized carbons (Fsp3) is 0.333. The van der Waals surface area contributed by atoms with Crippen LogP contribution < -0.4 is 4.90 Å². The number of rotatable bonds is 5. The molecule has 0 spiro atoms. The number of anilines is 1. The van der Waals surface area contributed by atoms with Crippen LogP contribution in [0.5, 0.6) is 0 Å². The van der Waals surface area contributed by atoms with Crippen LogP contribution in [-0.2, 0) is 9.59 Å². The highest BCUT2D eigenvalue weighted by Gasteiger charge is 2.44. The van der Waals surface area contributed by atoms with E-state index in [0.29, 0.717) is 41.6 Å². The maximum Gasteiger partial charge on any atom is 0.282 e. The number of halogens is 1. The van der Waals surface area contributed by atoms with Crippen molar-refractivity contribution in [3.63, 3.8) is 0 Å². The smallest absolute Gasteiger partial charge is 0.282 e. The van der Waals surface area contributed by atoms with Crippen molar-refractivity contribution in [2.24, 2.45) is 0 Å². The summed E-state index contributed by atoms with van der Waals surface area (Å²) in [5, 5.41) is 9.58. The Morgan fingerprint density at radius 1 is 0.968 bits per heavy atom. The minimum absolute atomic E-state index is 0.105. The van der Waals surface area contributed by atoms with Gasteiger partial charge in [-0.15, -0.1) is 0 Å². The molecule has 0 bridgehead atoms. The third kappa shape index (κ3) is 3.99. The van der Waals surface area contributed by atoms with E-state index in [1.165, 1.54) is 4.90 Å². The van der Waals surface area contributed by atoms with Gasteiger partial charge in [-0.05, 0) is 37.1 Å². The number of carbonyl (C=O) groups is 2. The number of carbonyl (C=O) groups excluding carboxylic acids is 2. The van der Waals surface area contributed by atoms with E-state index in [-0.39, 0.29) is 18.4 Å². The van der Waals surface area contributed by atoms with E-state index >= 15 is 0 Å². The molecule has 0 radical (unpaired) electrons. The zero-order valence-electron chi connectivity index (χ0n) is 17.8. The lowest BCUT2D eigenvalue weighted by Crippen LogP contribution is -2.48. The zero-order valence-corrected chi connectivity index (χ0v) is 18.5. The molecule has 4 rings (SSSR count). The molecule has 2 aliphatic rings. The summed E-state index contributed by atoms with van der Waals surface area (Å²) < 4.78 is 0. The molecule has 0 aromatic heterocycles. The van der Waals surface area contributed by atoms with Crippen LogP contribution in [0.4, 0.5) is 5.69 Å². The van der Waals surface area contributed by atoms with Gasteiger partial charge in [0.2, 0.25) is 0 Å². The lowest BCUT2D eigenvalue weighted by Gasteiger charge is -2.36. The summed E-state index contributed by atoms with van der Waals surface area (Å²) in [7, 11) is 0. The summed E-state index contributed by atoms with van der Waals surface area (Å²) in [5.74, 6) is -0.693. The lowest BCUT2D eigenvalue weighted by molar-refractivity contribution is -0.120. The molecule has 1 fully saturated rings. The molecule has 0 aliphatic carbocycles. The van der Waals surface area contributed by atoms with Gasteiger partial charge in [0, 0.05) is 32.7 Å². The molecule has 6 nitrogen and oxygen atoms in total. The first kappa shape index (κ1) is 21.6. The fourth-order valence-corrected chi connectivity index (χ4v) is 4.56. The molecule has 2 aromatic carbocycles. The average molecular weight is 440 g/mol. The summed E-state index contributed by atoms with van der Waals surface area (Å²) in [6.07, 6.45) is 0. The molecule has 0 unspecified atom stereocenters. The van der Waals surface area contributed by atoms with E-state index in [9.17, 15) is 14.7 Å². The number of aliphatic hydroxyl groups is 1. The molecule has 162 valence electrons. The first-order chi connectivity index (χ1) is 14.9. The molecule has 2 aromatic rings. The molecule has 1 N–H and O–H groups in total. The quantitative estimate of drug-likeness (QED) is 0.726. The second-order valence-electron chi connectivity index (χ2n) is 7.99. The standard InChI is InChI=1S/C24H26ClN3O3/c1-16-7-8-18(17(2)15-16)21-22(27-11-9-26(10-12-27)13-14-29)24(31)28(23(21)30)20-6-4-3-5-19(20)25/h3-8,15,29H,9-14H2,1-2H3. The minimum Gasteiger partial charge on any atom is -0.395 e. The SMILES string of the molecule is Cc1ccc(C2=C(N3CCN(CCO)CC3)C(=O)N(c3ccccc3Cl)C2=O)c(C)c1. The predicted molar refractivity (Wildman–Crippen MR) is 122 cm³/mol. The third-order valence-corrected chi connectivity index (χ3v) is 6.23. The maximum atomic E-state index is 13.6. The van der Waals surface area contributed by atoms with Gasteiger partial charge >= 0.3 is 0 Å². The Kier molecular flexibility index (Phi) is 6.14. The summed E-state index contributed by atoms with van der Waals surface area (Å²) >= 11 is 6.36. The van der Waals surface area contributed by atoms with Crippen LogP contribution in [0.15, 0.2) is 48.2 Å². The molecule has 1 saturated heterocycles. The van der Waals surface area contributed by atoms with Gasteiger partial charge in [0.25, 0.3) is 11.8 Å². The Morgan fingerprint density at radius 2 is 1.68 bits per heavy atom. The number of hydrogen-bond donors (Lipinski definition) is 1. The van der Waals surface area contributed by atoms with Gasteiger partial charge in [-0.1, -0.05) is 47.5 Å². The van der Waals surface area contributed by atoms with Gasteiger partial charge in [0.1, 0.15) is 5.70 Å². The summed E-state index contributed by atoms with van der Waals surface area (Å²) in [6.45, 7) is 7.34. The van der Waals surface area contributed by atoms with Crippen molar-refractivity contribution < 1.29 is 14.7 Å². The van der Waals surface area contributed by atoms with Crippen molar-refractivity contribution >= 4 is 34.7 Å². The average Bonchev–Trinajstić information content (AvgIpc) is 3.00. The second-order valence-corrected chi connectivity index (χ2v) is 8.40. The summed E-state index contributed by atoms with van der Waals surface area (Å²) in [4.78, 5) is 32.6. The fourth-order valence-electron chi connectivity index (χ4n) is 4.34. The largest absolute Gasteiger partial charge is 0.395 e. The van der Waals surface area contributed by atoms with Gasteiger partial charge in [0.15, 0.2) is 0 Å². The molecule has 2 heterocycles. The third-order valence-electron chi connectivity index (χ3n) is 5.91. The van der Waals surface area contributed by atoms with Crippen molar-refractivity contribution in [2.75, 3.05) is 44.2 Å². The first-order valence-electron chi connectivity index (χ1n) is 10.5. The number of benzene rings is 2. The van der Waals surface area contributed by atoms with E-state index in [4.69, 9.17) is 11.6 Å². The van der Waals surface area contributed by atoms with Gasteiger partial charge < -0.3 is 10.0 Å². The Hall–Kier alpha value is -2.67. The minimum atomic E-state index is -0.349. The van der Waals surface area contributed by atoms with Crippen molar-refractivity contribution in [1.29, 1.82) is 0 Å². The summed E-state index contributed by atoms with van der Waals surface area (Å²) in [6, 6.07) is 12.8. The maximum absolute atomic E-state index is 13.6. The highest BCUT2D eigenvalue weighted by Crippen LogP contribution is 2.38. The number of β-amino-alcohol motifs (C(OH)–C–C–N with tert-alkyl or cyclic N) is 1. The Bertz CT molecular complexity index is 1060. The number of amides is 2. The zero-order chi connectivity index (χ0) is 22.1. The van der Waals surface area contributed by atoms with E-state index in [1.54, 1.807) is 24.3 Å². The van der Waals surface area contributed by atoms with Crippen molar-refractivity contribution in [2.45, 2.75) is 13.8 Å². The molecule has 7 heteroatoms. The van der Waals surface area contributed by atoms with E-state index in [1.807, 2.05) is 36.9 Å².